The lowest BCUT2D eigenvalue weighted by molar-refractivity contribution is -0.156. The van der Waals surface area contributed by atoms with E-state index < -0.39 is 0 Å². The highest BCUT2D eigenvalue weighted by atomic mass is 79.9. The third-order valence-electron chi connectivity index (χ3n) is 3.09. The van der Waals surface area contributed by atoms with Crippen molar-refractivity contribution < 1.29 is 14.3 Å². The summed E-state index contributed by atoms with van der Waals surface area (Å²) in [5.41, 5.74) is 0. The van der Waals surface area contributed by atoms with Crippen LogP contribution in [0, 0.1) is 11.8 Å². The van der Waals surface area contributed by atoms with Crippen LogP contribution >= 0.6 is 15.9 Å². The number of carbonyl (C=O) groups is 1. The van der Waals surface area contributed by atoms with Crippen molar-refractivity contribution in [1.29, 1.82) is 0 Å². The molecule has 1 aliphatic carbocycles. The fourth-order valence-corrected chi connectivity index (χ4v) is 2.86. The van der Waals surface area contributed by atoms with Gasteiger partial charge < -0.3 is 9.47 Å². The Hall–Kier alpha value is -0.0900. The van der Waals surface area contributed by atoms with E-state index in [2.05, 4.69) is 15.9 Å². The van der Waals surface area contributed by atoms with E-state index in [4.69, 9.17) is 9.47 Å². The molecule has 16 heavy (non-hydrogen) atoms. The first kappa shape index (κ1) is 14.0. The number of hydrogen-bond acceptors (Lipinski definition) is 3. The van der Waals surface area contributed by atoms with E-state index in [9.17, 15) is 4.79 Å². The molecule has 3 unspecified atom stereocenters. The number of alkyl halides is 1. The number of halogens is 1. The molecule has 0 radical (unpaired) electrons. The Bertz CT molecular complexity index is 220. The lowest BCUT2D eigenvalue weighted by Gasteiger charge is -2.33. The van der Waals surface area contributed by atoms with Gasteiger partial charge in [-0.2, -0.15) is 0 Å². The minimum Gasteiger partial charge on any atom is -0.466 e. The molecule has 0 spiro atoms. The molecule has 0 bridgehead atoms. The van der Waals surface area contributed by atoms with E-state index >= 15 is 0 Å². The molecular weight excluding hydrogens is 272 g/mol. The average molecular weight is 293 g/mol. The maximum atomic E-state index is 11.8. The van der Waals surface area contributed by atoms with Crippen LogP contribution in [-0.2, 0) is 14.3 Å². The predicted octanol–water partition coefficient (Wildman–Crippen LogP) is 2.77. The second kappa shape index (κ2) is 7.28. The average Bonchev–Trinajstić information content (AvgIpc) is 2.29. The topological polar surface area (TPSA) is 35.5 Å². The number of carbonyl (C=O) groups excluding carboxylic acids is 1. The molecule has 1 rings (SSSR count). The summed E-state index contributed by atoms with van der Waals surface area (Å²) in [6.07, 6.45) is 2.97. The minimum absolute atomic E-state index is 0.0420. The molecule has 0 N–H and O–H groups in total. The first-order valence-corrected chi connectivity index (χ1v) is 7.19. The van der Waals surface area contributed by atoms with Crippen LogP contribution in [0.1, 0.15) is 33.1 Å². The maximum absolute atomic E-state index is 11.8. The SMILES string of the molecule is CCOC(=O)C1CCC(CBr)CC1OCC. The van der Waals surface area contributed by atoms with Crippen molar-refractivity contribution in [3.05, 3.63) is 0 Å². The molecule has 0 aliphatic heterocycles. The van der Waals surface area contributed by atoms with Crippen molar-refractivity contribution in [3.8, 4) is 0 Å². The largest absolute Gasteiger partial charge is 0.466 e. The summed E-state index contributed by atoms with van der Waals surface area (Å²) in [6.45, 7) is 4.93. The minimum atomic E-state index is -0.0889. The molecule has 1 fully saturated rings. The van der Waals surface area contributed by atoms with Crippen LogP contribution in [0.25, 0.3) is 0 Å². The first-order valence-electron chi connectivity index (χ1n) is 6.07. The number of esters is 1. The number of rotatable bonds is 5. The molecule has 0 aromatic carbocycles. The van der Waals surface area contributed by atoms with Crippen molar-refractivity contribution >= 4 is 21.9 Å². The van der Waals surface area contributed by atoms with Crippen molar-refractivity contribution in [1.82, 2.24) is 0 Å². The Kier molecular flexibility index (Phi) is 6.36. The molecule has 0 amide bonds. The summed E-state index contributed by atoms with van der Waals surface area (Å²) in [5.74, 6) is 0.478. The van der Waals surface area contributed by atoms with E-state index in [1.165, 1.54) is 0 Å². The van der Waals surface area contributed by atoms with E-state index in [1.54, 1.807) is 0 Å². The molecule has 1 saturated carbocycles. The lowest BCUT2D eigenvalue weighted by Crippen LogP contribution is -2.38. The quantitative estimate of drug-likeness (QED) is 0.577. The van der Waals surface area contributed by atoms with Crippen LogP contribution in [-0.4, -0.2) is 30.6 Å². The lowest BCUT2D eigenvalue weighted by atomic mass is 9.80. The molecule has 3 atom stereocenters. The Morgan fingerprint density at radius 2 is 2.06 bits per heavy atom. The monoisotopic (exact) mass is 292 g/mol. The van der Waals surface area contributed by atoms with Gasteiger partial charge in [0.2, 0.25) is 0 Å². The zero-order valence-electron chi connectivity index (χ0n) is 10.1. The van der Waals surface area contributed by atoms with Crippen molar-refractivity contribution in [2.75, 3.05) is 18.5 Å². The highest BCUT2D eigenvalue weighted by molar-refractivity contribution is 9.09. The van der Waals surface area contributed by atoms with Crippen LogP contribution in [0.2, 0.25) is 0 Å². The molecule has 4 heteroatoms. The molecule has 0 saturated heterocycles. The number of ether oxygens (including phenoxy) is 2. The standard InChI is InChI=1S/C12H21BrO3/c1-3-15-11-7-9(8-13)5-6-10(11)12(14)16-4-2/h9-11H,3-8H2,1-2H3. The van der Waals surface area contributed by atoms with Crippen molar-refractivity contribution in [2.45, 2.75) is 39.2 Å². The Morgan fingerprint density at radius 1 is 1.31 bits per heavy atom. The first-order chi connectivity index (χ1) is 7.72. The van der Waals surface area contributed by atoms with Gasteiger partial charge in [0.05, 0.1) is 18.6 Å². The molecular formula is C12H21BrO3. The van der Waals surface area contributed by atoms with Gasteiger partial charge in [-0.3, -0.25) is 4.79 Å². The summed E-state index contributed by atoms with van der Waals surface area (Å²) in [5, 5.41) is 0.992. The summed E-state index contributed by atoms with van der Waals surface area (Å²) >= 11 is 3.51. The third kappa shape index (κ3) is 3.74. The zero-order chi connectivity index (χ0) is 12.0. The highest BCUT2D eigenvalue weighted by Crippen LogP contribution is 2.33. The van der Waals surface area contributed by atoms with Gasteiger partial charge in [-0.1, -0.05) is 15.9 Å². The fraction of sp³-hybridized carbons (Fsp3) is 0.917. The van der Waals surface area contributed by atoms with Crippen LogP contribution in [0.5, 0.6) is 0 Å². The van der Waals surface area contributed by atoms with Crippen LogP contribution in [0.4, 0.5) is 0 Å². The molecule has 3 nitrogen and oxygen atoms in total. The maximum Gasteiger partial charge on any atom is 0.311 e. The summed E-state index contributed by atoms with van der Waals surface area (Å²) in [4.78, 5) is 11.8. The van der Waals surface area contributed by atoms with Crippen LogP contribution in [0.15, 0.2) is 0 Å². The Balaban J connectivity index is 2.57. The molecule has 0 aromatic heterocycles. The van der Waals surface area contributed by atoms with E-state index in [0.717, 1.165) is 24.6 Å². The smallest absolute Gasteiger partial charge is 0.311 e. The molecule has 94 valence electrons. The molecule has 0 aromatic rings. The van der Waals surface area contributed by atoms with Crippen LogP contribution < -0.4 is 0 Å². The van der Waals surface area contributed by atoms with E-state index in [-0.39, 0.29) is 18.0 Å². The van der Waals surface area contributed by atoms with Gasteiger partial charge in [0.15, 0.2) is 0 Å². The van der Waals surface area contributed by atoms with Crippen LogP contribution in [0.3, 0.4) is 0 Å². The van der Waals surface area contributed by atoms with Gasteiger partial charge in [0.1, 0.15) is 0 Å². The summed E-state index contributed by atoms with van der Waals surface area (Å²) in [6, 6.07) is 0. The van der Waals surface area contributed by atoms with Gasteiger partial charge >= 0.3 is 5.97 Å². The Labute approximate surface area is 106 Å². The highest BCUT2D eigenvalue weighted by Gasteiger charge is 2.36. The van der Waals surface area contributed by atoms with Crippen molar-refractivity contribution in [2.24, 2.45) is 11.8 Å². The second-order valence-corrected chi connectivity index (χ2v) is 4.83. The summed E-state index contributed by atoms with van der Waals surface area (Å²) in [7, 11) is 0. The second-order valence-electron chi connectivity index (χ2n) is 4.19. The normalized spacial score (nSPS) is 30.1. The van der Waals surface area contributed by atoms with Gasteiger partial charge in [-0.05, 0) is 39.0 Å². The molecule has 0 heterocycles. The van der Waals surface area contributed by atoms with Gasteiger partial charge in [-0.25, -0.2) is 0 Å². The van der Waals surface area contributed by atoms with Gasteiger partial charge in [0.25, 0.3) is 0 Å². The number of hydrogen-bond donors (Lipinski definition) is 0. The van der Waals surface area contributed by atoms with Gasteiger partial charge in [0, 0.05) is 11.9 Å². The van der Waals surface area contributed by atoms with E-state index in [0.29, 0.717) is 19.1 Å². The molecule has 1 aliphatic rings. The zero-order valence-corrected chi connectivity index (χ0v) is 11.7. The Morgan fingerprint density at radius 3 is 2.62 bits per heavy atom. The van der Waals surface area contributed by atoms with Gasteiger partial charge in [-0.15, -0.1) is 0 Å². The van der Waals surface area contributed by atoms with E-state index in [1.807, 2.05) is 13.8 Å². The fourth-order valence-electron chi connectivity index (χ4n) is 2.27. The predicted molar refractivity (Wildman–Crippen MR) is 66.7 cm³/mol. The summed E-state index contributed by atoms with van der Waals surface area (Å²) < 4.78 is 10.8. The third-order valence-corrected chi connectivity index (χ3v) is 4.00. The van der Waals surface area contributed by atoms with Crippen molar-refractivity contribution in [3.63, 3.8) is 0 Å².